The van der Waals surface area contributed by atoms with E-state index in [1.807, 2.05) is 0 Å². The van der Waals surface area contributed by atoms with Gasteiger partial charge in [0.25, 0.3) is 15.0 Å². The maximum Gasteiger partial charge on any atom is 0.262 e. The van der Waals surface area contributed by atoms with E-state index >= 15 is 0 Å². The Morgan fingerprint density at radius 3 is 2.24 bits per heavy atom. The van der Waals surface area contributed by atoms with Gasteiger partial charge in [0.1, 0.15) is 4.90 Å². The number of hydrogen-bond acceptors (Lipinski definition) is 3. The fourth-order valence-electron chi connectivity index (χ4n) is 1.62. The standard InChI is InChI=1S/C13H8Cl3NO3S/c14-10-4-2-1-3-9(10)13(18)17-8-5-6-12(11(15)7-8)21(16,19)20/h1-7H,(H,17,18). The fraction of sp³-hybridized carbons (Fsp3) is 0. The summed E-state index contributed by atoms with van der Waals surface area (Å²) in [6, 6.07) is 10.4. The second-order valence-corrected chi connectivity index (χ2v) is 7.37. The van der Waals surface area contributed by atoms with Gasteiger partial charge in [-0.15, -0.1) is 0 Å². The maximum atomic E-state index is 12.0. The lowest BCUT2D eigenvalue weighted by Crippen LogP contribution is -2.12. The molecule has 2 rings (SSSR count). The molecule has 0 saturated heterocycles. The molecule has 0 saturated carbocycles. The Balaban J connectivity index is 2.27. The molecular formula is C13H8Cl3NO3S. The molecule has 8 heteroatoms. The van der Waals surface area contributed by atoms with E-state index in [0.29, 0.717) is 16.3 Å². The molecule has 0 aliphatic carbocycles. The van der Waals surface area contributed by atoms with Crippen LogP contribution in [0.5, 0.6) is 0 Å². The molecule has 21 heavy (non-hydrogen) atoms. The van der Waals surface area contributed by atoms with Crippen LogP contribution in [0, 0.1) is 0 Å². The smallest absolute Gasteiger partial charge is 0.262 e. The largest absolute Gasteiger partial charge is 0.322 e. The predicted octanol–water partition coefficient (Wildman–Crippen LogP) is 4.17. The van der Waals surface area contributed by atoms with Crippen LogP contribution in [0.15, 0.2) is 47.4 Å². The molecule has 0 heterocycles. The van der Waals surface area contributed by atoms with Crippen molar-refractivity contribution in [2.45, 2.75) is 4.90 Å². The summed E-state index contributed by atoms with van der Waals surface area (Å²) in [6.45, 7) is 0. The van der Waals surface area contributed by atoms with E-state index in [2.05, 4.69) is 5.32 Å². The van der Waals surface area contributed by atoms with Crippen molar-refractivity contribution in [1.29, 1.82) is 0 Å². The van der Waals surface area contributed by atoms with E-state index in [0.717, 1.165) is 0 Å². The number of benzene rings is 2. The van der Waals surface area contributed by atoms with Crippen LogP contribution in [-0.4, -0.2) is 14.3 Å². The van der Waals surface area contributed by atoms with E-state index in [1.165, 1.54) is 18.2 Å². The SMILES string of the molecule is O=C(Nc1ccc(S(=O)(=O)Cl)c(Cl)c1)c1ccccc1Cl. The van der Waals surface area contributed by atoms with E-state index < -0.39 is 15.0 Å². The molecule has 4 nitrogen and oxygen atoms in total. The monoisotopic (exact) mass is 363 g/mol. The number of carbonyl (C=O) groups excluding carboxylic acids is 1. The van der Waals surface area contributed by atoms with E-state index in [4.69, 9.17) is 33.9 Å². The Morgan fingerprint density at radius 1 is 1.00 bits per heavy atom. The first kappa shape index (κ1) is 16.1. The maximum absolute atomic E-state index is 12.0. The molecule has 2 aromatic rings. The van der Waals surface area contributed by atoms with Crippen LogP contribution >= 0.6 is 33.9 Å². The molecule has 1 N–H and O–H groups in total. The molecule has 0 radical (unpaired) electrons. The Hall–Kier alpha value is -1.27. The zero-order valence-corrected chi connectivity index (χ0v) is 13.4. The summed E-state index contributed by atoms with van der Waals surface area (Å²) < 4.78 is 22.5. The fourth-order valence-corrected chi connectivity index (χ4v) is 3.37. The molecule has 1 amide bonds. The lowest BCUT2D eigenvalue weighted by molar-refractivity contribution is 0.102. The average molecular weight is 365 g/mol. The van der Waals surface area contributed by atoms with Crippen molar-refractivity contribution in [2.75, 3.05) is 5.32 Å². The summed E-state index contributed by atoms with van der Waals surface area (Å²) in [4.78, 5) is 11.8. The minimum absolute atomic E-state index is 0.0815. The third-order valence-corrected chi connectivity index (χ3v) is 4.71. The van der Waals surface area contributed by atoms with Crippen LogP contribution in [0.3, 0.4) is 0 Å². The van der Waals surface area contributed by atoms with Crippen LogP contribution < -0.4 is 5.32 Å². The van der Waals surface area contributed by atoms with Gasteiger partial charge in [0.05, 0.1) is 15.6 Å². The lowest BCUT2D eigenvalue weighted by atomic mass is 10.2. The van der Waals surface area contributed by atoms with E-state index in [1.54, 1.807) is 24.3 Å². The van der Waals surface area contributed by atoms with Crippen molar-refractivity contribution < 1.29 is 13.2 Å². The van der Waals surface area contributed by atoms with Gasteiger partial charge >= 0.3 is 0 Å². The molecule has 0 aromatic heterocycles. The molecule has 0 bridgehead atoms. The predicted molar refractivity (Wildman–Crippen MR) is 83.9 cm³/mol. The van der Waals surface area contributed by atoms with Gasteiger partial charge in [-0.2, -0.15) is 0 Å². The average Bonchev–Trinajstić information content (AvgIpc) is 2.37. The van der Waals surface area contributed by atoms with Gasteiger partial charge in [0.15, 0.2) is 0 Å². The summed E-state index contributed by atoms with van der Waals surface area (Å²) in [5.74, 6) is -0.432. The molecule has 0 fully saturated rings. The molecular weight excluding hydrogens is 357 g/mol. The Bertz CT molecular complexity index is 806. The minimum atomic E-state index is -3.93. The Labute approximate surface area is 136 Å². The van der Waals surface area contributed by atoms with Crippen LogP contribution in [0.2, 0.25) is 10.0 Å². The third-order valence-electron chi connectivity index (χ3n) is 2.57. The summed E-state index contributed by atoms with van der Waals surface area (Å²) in [7, 11) is 1.29. The highest BCUT2D eigenvalue weighted by Gasteiger charge is 2.16. The number of nitrogens with one attached hydrogen (secondary N) is 1. The number of amides is 1. The third kappa shape index (κ3) is 3.89. The van der Waals surface area contributed by atoms with Crippen LogP contribution in [-0.2, 0) is 9.05 Å². The number of anilines is 1. The summed E-state index contributed by atoms with van der Waals surface area (Å²) in [5.41, 5.74) is 0.623. The van der Waals surface area contributed by atoms with Crippen LogP contribution in [0.25, 0.3) is 0 Å². The van der Waals surface area contributed by atoms with Gasteiger partial charge < -0.3 is 5.32 Å². The number of carbonyl (C=O) groups is 1. The number of hydrogen-bond donors (Lipinski definition) is 1. The van der Waals surface area contributed by atoms with Gasteiger partial charge in [-0.05, 0) is 30.3 Å². The highest BCUT2D eigenvalue weighted by atomic mass is 35.7. The Kier molecular flexibility index (Phi) is 4.78. The summed E-state index contributed by atoms with van der Waals surface area (Å²) in [6.07, 6.45) is 0. The topological polar surface area (TPSA) is 63.2 Å². The first-order valence-electron chi connectivity index (χ1n) is 5.59. The number of rotatable bonds is 3. The molecule has 2 aromatic carbocycles. The van der Waals surface area contributed by atoms with Crippen LogP contribution in [0.4, 0.5) is 5.69 Å². The summed E-state index contributed by atoms with van der Waals surface area (Å²) in [5, 5.41) is 2.80. The van der Waals surface area contributed by atoms with E-state index in [-0.39, 0.29) is 9.92 Å². The van der Waals surface area contributed by atoms with Crippen molar-refractivity contribution in [3.8, 4) is 0 Å². The molecule has 0 atom stereocenters. The quantitative estimate of drug-likeness (QED) is 0.831. The van der Waals surface area contributed by atoms with Gasteiger partial charge in [0.2, 0.25) is 0 Å². The summed E-state index contributed by atoms with van der Waals surface area (Å²) >= 11 is 11.8. The number of halogens is 3. The normalized spacial score (nSPS) is 11.2. The van der Waals surface area contributed by atoms with Crippen LogP contribution in [0.1, 0.15) is 10.4 Å². The van der Waals surface area contributed by atoms with Crippen molar-refractivity contribution in [1.82, 2.24) is 0 Å². The second kappa shape index (κ2) is 6.23. The first-order valence-corrected chi connectivity index (χ1v) is 8.65. The molecule has 0 unspecified atom stereocenters. The van der Waals surface area contributed by atoms with Crippen molar-refractivity contribution in [3.05, 3.63) is 58.1 Å². The zero-order chi connectivity index (χ0) is 15.6. The van der Waals surface area contributed by atoms with Gasteiger partial charge in [-0.3, -0.25) is 4.79 Å². The zero-order valence-electron chi connectivity index (χ0n) is 10.3. The molecule has 110 valence electrons. The highest BCUT2D eigenvalue weighted by molar-refractivity contribution is 8.13. The van der Waals surface area contributed by atoms with Gasteiger partial charge in [-0.25, -0.2) is 8.42 Å². The van der Waals surface area contributed by atoms with Crippen molar-refractivity contribution in [3.63, 3.8) is 0 Å². The van der Waals surface area contributed by atoms with Crippen molar-refractivity contribution in [2.24, 2.45) is 0 Å². The molecule has 0 aliphatic rings. The van der Waals surface area contributed by atoms with Gasteiger partial charge in [0, 0.05) is 16.4 Å². The highest BCUT2D eigenvalue weighted by Crippen LogP contribution is 2.28. The van der Waals surface area contributed by atoms with E-state index in [9.17, 15) is 13.2 Å². The minimum Gasteiger partial charge on any atom is -0.322 e. The lowest BCUT2D eigenvalue weighted by Gasteiger charge is -2.08. The molecule has 0 aliphatic heterocycles. The van der Waals surface area contributed by atoms with Gasteiger partial charge in [-0.1, -0.05) is 35.3 Å². The first-order chi connectivity index (χ1) is 9.79. The second-order valence-electron chi connectivity index (χ2n) is 4.02. The van der Waals surface area contributed by atoms with Crippen molar-refractivity contribution >= 4 is 54.5 Å². The molecule has 0 spiro atoms. The Morgan fingerprint density at radius 2 is 1.67 bits per heavy atom.